The molecule has 0 saturated carbocycles. The number of anilines is 1. The number of nitrogens with zero attached hydrogens (tertiary/aromatic N) is 1. The minimum Gasteiger partial charge on any atom is -0.338 e. The van der Waals surface area contributed by atoms with Crippen LogP contribution in [0.2, 0.25) is 0 Å². The van der Waals surface area contributed by atoms with Crippen LogP contribution in [0.5, 0.6) is 0 Å². The Morgan fingerprint density at radius 2 is 2.00 bits per heavy atom. The SMILES string of the molecule is O=C(NCC[C@@H]1CCCN1)Nc1ccc(-c2nc3ccccc3[nH]2)cc1. The Morgan fingerprint density at radius 3 is 2.77 bits per heavy atom. The van der Waals surface area contributed by atoms with E-state index >= 15 is 0 Å². The van der Waals surface area contributed by atoms with Crippen molar-refractivity contribution in [2.24, 2.45) is 0 Å². The predicted molar refractivity (Wildman–Crippen MR) is 104 cm³/mol. The summed E-state index contributed by atoms with van der Waals surface area (Å²) in [7, 11) is 0. The molecule has 26 heavy (non-hydrogen) atoms. The van der Waals surface area contributed by atoms with E-state index in [1.165, 1.54) is 12.8 Å². The third-order valence-electron chi connectivity index (χ3n) is 4.75. The van der Waals surface area contributed by atoms with Gasteiger partial charge in [-0.3, -0.25) is 0 Å². The Labute approximate surface area is 152 Å². The third kappa shape index (κ3) is 3.86. The first-order chi connectivity index (χ1) is 12.8. The van der Waals surface area contributed by atoms with E-state index in [1.54, 1.807) is 0 Å². The Morgan fingerprint density at radius 1 is 1.15 bits per heavy atom. The van der Waals surface area contributed by atoms with Crippen LogP contribution >= 0.6 is 0 Å². The van der Waals surface area contributed by atoms with Gasteiger partial charge in [0.15, 0.2) is 0 Å². The van der Waals surface area contributed by atoms with Crippen molar-refractivity contribution >= 4 is 22.8 Å². The molecule has 3 aromatic rings. The van der Waals surface area contributed by atoms with E-state index in [-0.39, 0.29) is 6.03 Å². The summed E-state index contributed by atoms with van der Waals surface area (Å²) in [6, 6.07) is 16.0. The number of imidazole rings is 1. The minimum atomic E-state index is -0.167. The zero-order chi connectivity index (χ0) is 17.8. The highest BCUT2D eigenvalue weighted by molar-refractivity contribution is 5.89. The number of fused-ring (bicyclic) bond motifs is 1. The Bertz CT molecular complexity index is 848. The van der Waals surface area contributed by atoms with Crippen LogP contribution in [0.1, 0.15) is 19.3 Å². The van der Waals surface area contributed by atoms with Crippen molar-refractivity contribution in [2.45, 2.75) is 25.3 Å². The largest absolute Gasteiger partial charge is 0.338 e. The van der Waals surface area contributed by atoms with Crippen LogP contribution in [-0.4, -0.2) is 35.1 Å². The molecule has 2 aromatic carbocycles. The van der Waals surface area contributed by atoms with Crippen molar-refractivity contribution in [1.29, 1.82) is 0 Å². The molecule has 1 aliphatic rings. The topological polar surface area (TPSA) is 81.8 Å². The second kappa shape index (κ2) is 7.58. The molecule has 6 nitrogen and oxygen atoms in total. The number of para-hydroxylation sites is 2. The summed E-state index contributed by atoms with van der Waals surface area (Å²) >= 11 is 0. The van der Waals surface area contributed by atoms with Gasteiger partial charge >= 0.3 is 6.03 Å². The van der Waals surface area contributed by atoms with Crippen LogP contribution in [0.3, 0.4) is 0 Å². The first-order valence-corrected chi connectivity index (χ1v) is 9.11. The minimum absolute atomic E-state index is 0.167. The molecule has 1 atom stereocenters. The second-order valence-electron chi connectivity index (χ2n) is 6.64. The van der Waals surface area contributed by atoms with Gasteiger partial charge in [0.2, 0.25) is 0 Å². The number of carbonyl (C=O) groups excluding carboxylic acids is 1. The van der Waals surface area contributed by atoms with E-state index in [9.17, 15) is 4.79 Å². The molecule has 1 aromatic heterocycles. The fourth-order valence-electron chi connectivity index (χ4n) is 3.34. The lowest BCUT2D eigenvalue weighted by Crippen LogP contribution is -2.33. The summed E-state index contributed by atoms with van der Waals surface area (Å²) in [5.74, 6) is 0.825. The Kier molecular flexibility index (Phi) is 4.84. The lowest BCUT2D eigenvalue weighted by atomic mass is 10.1. The molecule has 4 N–H and O–H groups in total. The molecule has 0 aliphatic carbocycles. The van der Waals surface area contributed by atoms with E-state index in [0.29, 0.717) is 12.6 Å². The van der Waals surface area contributed by atoms with E-state index in [4.69, 9.17) is 0 Å². The van der Waals surface area contributed by atoms with Crippen LogP contribution in [0.25, 0.3) is 22.4 Å². The smallest absolute Gasteiger partial charge is 0.319 e. The quantitative estimate of drug-likeness (QED) is 0.569. The molecule has 1 fully saturated rings. The average molecular weight is 349 g/mol. The number of hydrogen-bond acceptors (Lipinski definition) is 3. The lowest BCUT2D eigenvalue weighted by molar-refractivity contribution is 0.251. The number of aromatic nitrogens is 2. The number of urea groups is 1. The number of carbonyl (C=O) groups is 1. The maximum atomic E-state index is 12.0. The van der Waals surface area contributed by atoms with Crippen LogP contribution in [0, 0.1) is 0 Å². The van der Waals surface area contributed by atoms with Gasteiger partial charge in [0.1, 0.15) is 5.82 Å². The van der Waals surface area contributed by atoms with Gasteiger partial charge in [0.05, 0.1) is 11.0 Å². The fourth-order valence-corrected chi connectivity index (χ4v) is 3.34. The first kappa shape index (κ1) is 16.6. The molecule has 2 heterocycles. The van der Waals surface area contributed by atoms with Gasteiger partial charge in [-0.2, -0.15) is 0 Å². The molecule has 1 saturated heterocycles. The summed E-state index contributed by atoms with van der Waals surface area (Å²) in [6.45, 7) is 1.77. The molecular formula is C20H23N5O. The van der Waals surface area contributed by atoms with Crippen LogP contribution in [-0.2, 0) is 0 Å². The van der Waals surface area contributed by atoms with Gasteiger partial charge in [-0.15, -0.1) is 0 Å². The lowest BCUT2D eigenvalue weighted by Gasteiger charge is -2.11. The number of rotatable bonds is 5. The Hall–Kier alpha value is -2.86. The Balaban J connectivity index is 1.32. The molecule has 4 rings (SSSR count). The zero-order valence-electron chi connectivity index (χ0n) is 14.6. The van der Waals surface area contributed by atoms with Crippen molar-refractivity contribution in [2.75, 3.05) is 18.4 Å². The van der Waals surface area contributed by atoms with E-state index < -0.39 is 0 Å². The van der Waals surface area contributed by atoms with Crippen molar-refractivity contribution in [3.63, 3.8) is 0 Å². The number of amides is 2. The summed E-state index contributed by atoms with van der Waals surface area (Å²) in [4.78, 5) is 19.9. The molecule has 0 unspecified atom stereocenters. The molecule has 0 spiro atoms. The molecular weight excluding hydrogens is 326 g/mol. The number of nitrogens with one attached hydrogen (secondary N) is 4. The van der Waals surface area contributed by atoms with Gasteiger partial charge in [0, 0.05) is 23.8 Å². The second-order valence-corrected chi connectivity index (χ2v) is 6.64. The van der Waals surface area contributed by atoms with Crippen LogP contribution < -0.4 is 16.0 Å². The van der Waals surface area contributed by atoms with Gasteiger partial charge in [-0.25, -0.2) is 9.78 Å². The van der Waals surface area contributed by atoms with E-state index in [0.717, 1.165) is 41.1 Å². The number of aromatic amines is 1. The number of hydrogen-bond donors (Lipinski definition) is 4. The number of H-pyrrole nitrogens is 1. The summed E-state index contributed by atoms with van der Waals surface area (Å²) < 4.78 is 0. The normalized spacial score (nSPS) is 16.7. The van der Waals surface area contributed by atoms with E-state index in [2.05, 4.69) is 25.9 Å². The highest BCUT2D eigenvalue weighted by Gasteiger charge is 2.13. The highest BCUT2D eigenvalue weighted by Crippen LogP contribution is 2.22. The predicted octanol–water partition coefficient (Wildman–Crippen LogP) is 3.49. The van der Waals surface area contributed by atoms with Gasteiger partial charge in [-0.05, 0) is 62.2 Å². The number of benzene rings is 2. The van der Waals surface area contributed by atoms with Gasteiger partial charge in [-0.1, -0.05) is 12.1 Å². The van der Waals surface area contributed by atoms with Crippen molar-refractivity contribution < 1.29 is 4.79 Å². The molecule has 2 amide bonds. The van der Waals surface area contributed by atoms with Crippen molar-refractivity contribution in [1.82, 2.24) is 20.6 Å². The molecule has 0 bridgehead atoms. The first-order valence-electron chi connectivity index (χ1n) is 9.11. The van der Waals surface area contributed by atoms with Gasteiger partial charge < -0.3 is 20.9 Å². The highest BCUT2D eigenvalue weighted by atomic mass is 16.2. The molecule has 1 aliphatic heterocycles. The summed E-state index contributed by atoms with van der Waals surface area (Å²) in [5, 5.41) is 9.22. The average Bonchev–Trinajstić information content (AvgIpc) is 3.31. The maximum absolute atomic E-state index is 12.0. The molecule has 0 radical (unpaired) electrons. The van der Waals surface area contributed by atoms with Crippen molar-refractivity contribution in [3.8, 4) is 11.4 Å². The standard InChI is InChI=1S/C20H23N5O/c26-20(22-13-11-15-4-3-12-21-15)23-16-9-7-14(8-10-16)19-24-17-5-1-2-6-18(17)25-19/h1-2,5-10,15,21H,3-4,11-13H2,(H,24,25)(H2,22,23,26)/t15-/m0/s1. The fraction of sp³-hybridized carbons (Fsp3) is 0.300. The molecule has 134 valence electrons. The summed E-state index contributed by atoms with van der Waals surface area (Å²) in [6.07, 6.45) is 3.40. The van der Waals surface area contributed by atoms with Crippen molar-refractivity contribution in [3.05, 3.63) is 48.5 Å². The van der Waals surface area contributed by atoms with Crippen LogP contribution in [0.15, 0.2) is 48.5 Å². The van der Waals surface area contributed by atoms with E-state index in [1.807, 2.05) is 48.5 Å². The van der Waals surface area contributed by atoms with Gasteiger partial charge in [0.25, 0.3) is 0 Å². The summed E-state index contributed by atoms with van der Waals surface area (Å²) in [5.41, 5.74) is 3.71. The monoisotopic (exact) mass is 349 g/mol. The third-order valence-corrected chi connectivity index (χ3v) is 4.75. The maximum Gasteiger partial charge on any atom is 0.319 e. The molecule has 6 heteroatoms. The van der Waals surface area contributed by atoms with Crippen LogP contribution in [0.4, 0.5) is 10.5 Å². The zero-order valence-corrected chi connectivity index (χ0v) is 14.6.